The molecule has 0 spiro atoms. The van der Waals surface area contributed by atoms with Crippen molar-refractivity contribution < 1.29 is 10.6 Å². The van der Waals surface area contributed by atoms with E-state index in [1.165, 1.54) is 26.2 Å². The van der Waals surface area contributed by atoms with Crippen LogP contribution in [0.2, 0.25) is 0 Å². The predicted molar refractivity (Wildman–Crippen MR) is 45.1 cm³/mol. The van der Waals surface area contributed by atoms with Crippen LogP contribution in [0.15, 0.2) is 12.1 Å². The van der Waals surface area contributed by atoms with E-state index < -0.39 is 0 Å². The molecule has 0 aromatic heterocycles. The number of rotatable bonds is 0. The molecule has 1 aromatic rings. The minimum Gasteiger partial charge on any atom is -0.339 e. The van der Waals surface area contributed by atoms with Crippen molar-refractivity contribution in [3.05, 3.63) is 34.4 Å². The Morgan fingerprint density at radius 3 is 1.75 bits per heavy atom. The van der Waals surface area contributed by atoms with Gasteiger partial charge in [-0.2, -0.15) is 0 Å². The van der Waals surface area contributed by atoms with Gasteiger partial charge in [-0.1, -0.05) is 12.1 Å². The van der Waals surface area contributed by atoms with Gasteiger partial charge < -0.3 is 10.6 Å². The Morgan fingerprint density at radius 1 is 0.750 bits per heavy atom. The molecule has 2 nitrogen and oxygen atoms in total. The molecule has 2 heterocycles. The topological polar surface area (TPSA) is 33.2 Å². The van der Waals surface area contributed by atoms with Gasteiger partial charge in [-0.3, -0.25) is 0 Å². The van der Waals surface area contributed by atoms with Gasteiger partial charge in [-0.05, 0) is 0 Å². The fourth-order valence-electron chi connectivity index (χ4n) is 2.43. The second-order valence-electron chi connectivity index (χ2n) is 3.73. The van der Waals surface area contributed by atoms with E-state index in [1.807, 2.05) is 0 Å². The van der Waals surface area contributed by atoms with Crippen LogP contribution in [0.25, 0.3) is 0 Å². The normalized spacial score (nSPS) is 19.3. The number of quaternary nitrogens is 2. The van der Waals surface area contributed by atoms with Crippen LogP contribution < -0.4 is 10.6 Å². The van der Waals surface area contributed by atoms with Gasteiger partial charge in [0, 0.05) is 22.3 Å². The quantitative estimate of drug-likeness (QED) is 0.482. The molecule has 1 aromatic carbocycles. The second kappa shape index (κ2) is 2.31. The minimum absolute atomic E-state index is 1.20. The molecule has 0 unspecified atom stereocenters. The van der Waals surface area contributed by atoms with Crippen molar-refractivity contribution >= 4 is 0 Å². The first-order chi connectivity index (χ1) is 5.95. The van der Waals surface area contributed by atoms with Crippen LogP contribution in [-0.2, 0) is 26.2 Å². The summed E-state index contributed by atoms with van der Waals surface area (Å²) in [6, 6.07) is 4.63. The monoisotopic (exact) mass is 162 g/mol. The molecule has 2 heteroatoms. The van der Waals surface area contributed by atoms with E-state index in [2.05, 4.69) is 22.8 Å². The molecule has 0 bridgehead atoms. The fraction of sp³-hybridized carbons (Fsp3) is 0.400. The zero-order valence-electron chi connectivity index (χ0n) is 7.14. The molecule has 0 amide bonds. The summed E-state index contributed by atoms with van der Waals surface area (Å²) in [6.45, 7) is 4.82. The Hall–Kier alpha value is -0.860. The molecule has 0 saturated carbocycles. The van der Waals surface area contributed by atoms with Gasteiger partial charge in [0.1, 0.15) is 26.2 Å². The fourth-order valence-corrected chi connectivity index (χ4v) is 2.43. The third-order valence-electron chi connectivity index (χ3n) is 3.05. The SMILES string of the molecule is c1cc2c(c3c1C[NH2+]C3)C[NH2+]C2. The summed E-state index contributed by atoms with van der Waals surface area (Å²) in [5.74, 6) is 0. The molecule has 12 heavy (non-hydrogen) atoms. The Morgan fingerprint density at radius 2 is 1.25 bits per heavy atom. The first-order valence-corrected chi connectivity index (χ1v) is 4.71. The molecule has 0 saturated heterocycles. The zero-order chi connectivity index (χ0) is 7.97. The van der Waals surface area contributed by atoms with Gasteiger partial charge in [0.05, 0.1) is 0 Å². The Kier molecular flexibility index (Phi) is 1.28. The van der Waals surface area contributed by atoms with Crippen LogP contribution >= 0.6 is 0 Å². The van der Waals surface area contributed by atoms with E-state index in [4.69, 9.17) is 0 Å². The van der Waals surface area contributed by atoms with E-state index in [9.17, 15) is 0 Å². The molecular formula is C10H14N2+2. The number of hydrogen-bond donors (Lipinski definition) is 2. The number of nitrogens with two attached hydrogens (primary N) is 2. The first kappa shape index (κ1) is 6.63. The lowest BCUT2D eigenvalue weighted by Gasteiger charge is -1.99. The average Bonchev–Trinajstić information content (AvgIpc) is 2.71. The summed E-state index contributed by atoms with van der Waals surface area (Å²) < 4.78 is 0. The lowest BCUT2D eigenvalue weighted by molar-refractivity contribution is -0.679. The van der Waals surface area contributed by atoms with Gasteiger partial charge in [-0.15, -0.1) is 0 Å². The molecule has 62 valence electrons. The van der Waals surface area contributed by atoms with Crippen molar-refractivity contribution in [2.45, 2.75) is 26.2 Å². The molecule has 4 N–H and O–H groups in total. The van der Waals surface area contributed by atoms with Gasteiger partial charge in [0.25, 0.3) is 0 Å². The highest BCUT2D eigenvalue weighted by Gasteiger charge is 2.24. The second-order valence-corrected chi connectivity index (χ2v) is 3.73. The van der Waals surface area contributed by atoms with Crippen LogP contribution in [0.3, 0.4) is 0 Å². The summed E-state index contributed by atoms with van der Waals surface area (Å²) in [5.41, 5.74) is 6.43. The van der Waals surface area contributed by atoms with Crippen molar-refractivity contribution in [3.63, 3.8) is 0 Å². The summed E-state index contributed by atoms with van der Waals surface area (Å²) in [7, 11) is 0. The summed E-state index contributed by atoms with van der Waals surface area (Å²) in [6.07, 6.45) is 0. The highest BCUT2D eigenvalue weighted by atomic mass is 14.9. The lowest BCUT2D eigenvalue weighted by Crippen LogP contribution is -2.78. The van der Waals surface area contributed by atoms with Crippen molar-refractivity contribution in [3.8, 4) is 0 Å². The molecule has 2 aliphatic heterocycles. The third kappa shape index (κ3) is 0.765. The van der Waals surface area contributed by atoms with Crippen molar-refractivity contribution in [2.75, 3.05) is 0 Å². The Bertz CT molecular complexity index is 298. The predicted octanol–water partition coefficient (Wildman–Crippen LogP) is -1.16. The zero-order valence-corrected chi connectivity index (χ0v) is 7.14. The van der Waals surface area contributed by atoms with Crippen LogP contribution in [0.1, 0.15) is 22.3 Å². The van der Waals surface area contributed by atoms with E-state index in [0.717, 1.165) is 0 Å². The van der Waals surface area contributed by atoms with Crippen molar-refractivity contribution in [1.29, 1.82) is 0 Å². The highest BCUT2D eigenvalue weighted by molar-refractivity contribution is 5.41. The van der Waals surface area contributed by atoms with Gasteiger partial charge in [-0.25, -0.2) is 0 Å². The lowest BCUT2D eigenvalue weighted by atomic mass is 10.0. The van der Waals surface area contributed by atoms with E-state index in [0.29, 0.717) is 0 Å². The molecule has 0 aliphatic carbocycles. The maximum absolute atomic E-state index is 2.39. The molecular weight excluding hydrogens is 148 g/mol. The van der Waals surface area contributed by atoms with Gasteiger partial charge in [0.15, 0.2) is 0 Å². The average molecular weight is 162 g/mol. The number of benzene rings is 1. The van der Waals surface area contributed by atoms with Crippen LogP contribution in [0.5, 0.6) is 0 Å². The van der Waals surface area contributed by atoms with E-state index in [-0.39, 0.29) is 0 Å². The molecule has 2 aliphatic rings. The first-order valence-electron chi connectivity index (χ1n) is 4.71. The number of fused-ring (bicyclic) bond motifs is 3. The molecule has 0 fully saturated rings. The number of hydrogen-bond acceptors (Lipinski definition) is 0. The maximum Gasteiger partial charge on any atom is 0.102 e. The standard InChI is InChI=1S/C10H12N2/c1-2-8-4-12-6-10(8)9-5-11-3-7(1)9/h1-2,11-12H,3-6H2/p+2. The van der Waals surface area contributed by atoms with Crippen LogP contribution in [-0.4, -0.2) is 0 Å². The minimum atomic E-state index is 1.20. The summed E-state index contributed by atoms with van der Waals surface area (Å²) in [4.78, 5) is 0. The summed E-state index contributed by atoms with van der Waals surface area (Å²) in [5, 5.41) is 4.78. The molecule has 3 rings (SSSR count). The maximum atomic E-state index is 2.39. The Labute approximate surface area is 72.0 Å². The van der Waals surface area contributed by atoms with Crippen LogP contribution in [0.4, 0.5) is 0 Å². The third-order valence-corrected chi connectivity index (χ3v) is 3.05. The van der Waals surface area contributed by atoms with E-state index in [1.54, 1.807) is 22.3 Å². The molecule has 0 atom stereocenters. The molecule has 0 radical (unpaired) electrons. The smallest absolute Gasteiger partial charge is 0.102 e. The van der Waals surface area contributed by atoms with Crippen molar-refractivity contribution in [2.24, 2.45) is 0 Å². The Balaban J connectivity index is 2.24. The van der Waals surface area contributed by atoms with Gasteiger partial charge >= 0.3 is 0 Å². The van der Waals surface area contributed by atoms with E-state index >= 15 is 0 Å². The van der Waals surface area contributed by atoms with Crippen LogP contribution in [0, 0.1) is 0 Å². The van der Waals surface area contributed by atoms with Crippen molar-refractivity contribution in [1.82, 2.24) is 0 Å². The van der Waals surface area contributed by atoms with Gasteiger partial charge in [0.2, 0.25) is 0 Å². The summed E-state index contributed by atoms with van der Waals surface area (Å²) >= 11 is 0. The largest absolute Gasteiger partial charge is 0.339 e. The highest BCUT2D eigenvalue weighted by Crippen LogP contribution is 2.21.